The van der Waals surface area contributed by atoms with Gasteiger partial charge in [0.05, 0.1) is 14.2 Å². The highest BCUT2D eigenvalue weighted by Crippen LogP contribution is 1.92. The highest BCUT2D eigenvalue weighted by molar-refractivity contribution is 5.86. The van der Waals surface area contributed by atoms with E-state index in [4.69, 9.17) is 11.5 Å². The van der Waals surface area contributed by atoms with Crippen LogP contribution in [0.25, 0.3) is 0 Å². The Balaban J connectivity index is 4.18. The molecule has 0 aromatic heterocycles. The van der Waals surface area contributed by atoms with Crippen molar-refractivity contribution in [3.63, 3.8) is 0 Å². The van der Waals surface area contributed by atoms with Crippen LogP contribution in [0.1, 0.15) is 0 Å². The van der Waals surface area contributed by atoms with Gasteiger partial charge in [-0.05, 0) is 0 Å². The molecule has 0 rings (SSSR count). The predicted octanol–water partition coefficient (Wildman–Crippen LogP) is -2.01. The Kier molecular flexibility index (Phi) is 4.24. The maximum atomic E-state index is 10.7. The van der Waals surface area contributed by atoms with Crippen molar-refractivity contribution in [3.8, 4) is 0 Å². The Hall–Kier alpha value is -1.14. The molecule has 0 amide bonds. The molecule has 6 heteroatoms. The quantitative estimate of drug-likeness (QED) is 0.481. The lowest BCUT2D eigenvalue weighted by Gasteiger charge is -2.14. The van der Waals surface area contributed by atoms with Crippen molar-refractivity contribution in [1.29, 1.82) is 0 Å². The van der Waals surface area contributed by atoms with Crippen LogP contribution in [0, 0.1) is 0 Å². The van der Waals surface area contributed by atoms with Gasteiger partial charge in [0.25, 0.3) is 0 Å². The van der Waals surface area contributed by atoms with Gasteiger partial charge in [-0.25, -0.2) is 0 Å². The monoisotopic (exact) mass is 176 g/mol. The van der Waals surface area contributed by atoms with Crippen molar-refractivity contribution in [1.82, 2.24) is 0 Å². The van der Waals surface area contributed by atoms with Gasteiger partial charge in [-0.15, -0.1) is 0 Å². The third-order valence-corrected chi connectivity index (χ3v) is 1.33. The standard InChI is InChI=1S/C6H12N2O4/c1-11-5(9)3(7)4(8)6(10)12-2/h3-4H,7-8H2,1-2H3/t3-,4+. The topological polar surface area (TPSA) is 105 Å². The summed E-state index contributed by atoms with van der Waals surface area (Å²) in [6.45, 7) is 0. The Morgan fingerprint density at radius 2 is 1.25 bits per heavy atom. The summed E-state index contributed by atoms with van der Waals surface area (Å²) in [5.41, 5.74) is 10.5. The normalized spacial score (nSPS) is 14.7. The third kappa shape index (κ3) is 2.48. The molecule has 4 N–H and O–H groups in total. The molecule has 0 fully saturated rings. The second kappa shape index (κ2) is 4.68. The maximum Gasteiger partial charge on any atom is 0.324 e. The van der Waals surface area contributed by atoms with Gasteiger partial charge in [0.2, 0.25) is 0 Å². The lowest BCUT2D eigenvalue weighted by molar-refractivity contribution is -0.150. The fraction of sp³-hybridized carbons (Fsp3) is 0.667. The number of nitrogens with two attached hydrogens (primary N) is 2. The van der Waals surface area contributed by atoms with E-state index >= 15 is 0 Å². The van der Waals surface area contributed by atoms with E-state index in [-0.39, 0.29) is 0 Å². The minimum atomic E-state index is -1.18. The number of hydrogen-bond donors (Lipinski definition) is 2. The molecule has 0 aliphatic carbocycles. The fourth-order valence-corrected chi connectivity index (χ4v) is 0.565. The van der Waals surface area contributed by atoms with Crippen LogP contribution in [0.5, 0.6) is 0 Å². The molecule has 12 heavy (non-hydrogen) atoms. The Morgan fingerprint density at radius 3 is 1.42 bits per heavy atom. The minimum Gasteiger partial charge on any atom is -0.468 e. The van der Waals surface area contributed by atoms with Gasteiger partial charge in [-0.1, -0.05) is 0 Å². The van der Waals surface area contributed by atoms with Crippen LogP contribution in [0.4, 0.5) is 0 Å². The van der Waals surface area contributed by atoms with Crippen LogP contribution in [0.2, 0.25) is 0 Å². The lowest BCUT2D eigenvalue weighted by Crippen LogP contribution is -2.52. The van der Waals surface area contributed by atoms with E-state index in [1.807, 2.05) is 0 Å². The molecule has 0 radical (unpaired) electrons. The predicted molar refractivity (Wildman–Crippen MR) is 40.0 cm³/mol. The molecular weight excluding hydrogens is 164 g/mol. The summed E-state index contributed by atoms with van der Waals surface area (Å²) < 4.78 is 8.55. The maximum absolute atomic E-state index is 10.7. The summed E-state index contributed by atoms with van der Waals surface area (Å²) in [5, 5.41) is 0. The van der Waals surface area contributed by atoms with Crippen LogP contribution in [-0.2, 0) is 19.1 Å². The highest BCUT2D eigenvalue weighted by Gasteiger charge is 2.28. The zero-order valence-corrected chi connectivity index (χ0v) is 6.94. The van der Waals surface area contributed by atoms with Gasteiger partial charge < -0.3 is 20.9 Å². The van der Waals surface area contributed by atoms with Gasteiger partial charge >= 0.3 is 11.9 Å². The second-order valence-electron chi connectivity index (χ2n) is 2.10. The molecular formula is C6H12N2O4. The molecule has 0 aromatic rings. The molecule has 0 aromatic carbocycles. The van der Waals surface area contributed by atoms with Crippen LogP contribution in [0.15, 0.2) is 0 Å². The highest BCUT2D eigenvalue weighted by atomic mass is 16.5. The first kappa shape index (κ1) is 10.9. The minimum absolute atomic E-state index is 0.743. The molecule has 0 saturated carbocycles. The molecule has 6 nitrogen and oxygen atoms in total. The molecule has 0 heterocycles. The number of rotatable bonds is 3. The smallest absolute Gasteiger partial charge is 0.324 e. The molecule has 0 bridgehead atoms. The average molecular weight is 176 g/mol. The van der Waals surface area contributed by atoms with E-state index in [1.165, 1.54) is 0 Å². The SMILES string of the molecule is COC(=O)[C@@H](N)[C@@H](N)C(=O)OC. The largest absolute Gasteiger partial charge is 0.468 e. The third-order valence-electron chi connectivity index (χ3n) is 1.33. The molecule has 70 valence electrons. The summed E-state index contributed by atoms with van der Waals surface area (Å²) in [5.74, 6) is -1.49. The number of esters is 2. The molecule has 0 aliphatic rings. The molecule has 0 spiro atoms. The second-order valence-corrected chi connectivity index (χ2v) is 2.10. The van der Waals surface area contributed by atoms with Gasteiger partial charge in [-0.3, -0.25) is 9.59 Å². The first-order valence-corrected chi connectivity index (χ1v) is 3.21. The van der Waals surface area contributed by atoms with Crippen molar-refractivity contribution in [2.24, 2.45) is 11.5 Å². The zero-order valence-electron chi connectivity index (χ0n) is 6.94. The number of hydrogen-bond acceptors (Lipinski definition) is 6. The Bertz CT molecular complexity index is 162. The van der Waals surface area contributed by atoms with E-state index in [9.17, 15) is 9.59 Å². The van der Waals surface area contributed by atoms with Crippen molar-refractivity contribution in [2.45, 2.75) is 12.1 Å². The summed E-state index contributed by atoms with van der Waals surface area (Å²) >= 11 is 0. The van der Waals surface area contributed by atoms with E-state index < -0.39 is 24.0 Å². The van der Waals surface area contributed by atoms with Gasteiger partial charge in [0.15, 0.2) is 0 Å². The fourth-order valence-electron chi connectivity index (χ4n) is 0.565. The van der Waals surface area contributed by atoms with Crippen LogP contribution < -0.4 is 11.5 Å². The number of methoxy groups -OCH3 is 2. The summed E-state index contributed by atoms with van der Waals surface area (Å²) in [6.07, 6.45) is 0. The Morgan fingerprint density at radius 1 is 1.00 bits per heavy atom. The molecule has 0 aliphatic heterocycles. The first-order chi connectivity index (χ1) is 5.54. The van der Waals surface area contributed by atoms with E-state index in [1.54, 1.807) is 0 Å². The first-order valence-electron chi connectivity index (χ1n) is 3.21. The van der Waals surface area contributed by atoms with Crippen molar-refractivity contribution in [3.05, 3.63) is 0 Å². The van der Waals surface area contributed by atoms with Gasteiger partial charge in [0.1, 0.15) is 12.1 Å². The van der Waals surface area contributed by atoms with Crippen LogP contribution >= 0.6 is 0 Å². The van der Waals surface area contributed by atoms with E-state index in [0.717, 1.165) is 14.2 Å². The van der Waals surface area contributed by atoms with Gasteiger partial charge in [0, 0.05) is 0 Å². The lowest BCUT2D eigenvalue weighted by atomic mass is 10.1. The average Bonchev–Trinajstić information content (AvgIpc) is 2.12. The Labute approximate surface area is 69.8 Å². The molecule has 0 unspecified atom stereocenters. The summed E-state index contributed by atoms with van der Waals surface area (Å²) in [7, 11) is 2.32. The zero-order chi connectivity index (χ0) is 9.72. The summed E-state index contributed by atoms with van der Waals surface area (Å²) in [6, 6.07) is -2.36. The van der Waals surface area contributed by atoms with Crippen molar-refractivity contribution in [2.75, 3.05) is 14.2 Å². The summed E-state index contributed by atoms with van der Waals surface area (Å²) in [4.78, 5) is 21.5. The van der Waals surface area contributed by atoms with Crippen LogP contribution in [0.3, 0.4) is 0 Å². The molecule has 0 saturated heterocycles. The molecule has 2 atom stereocenters. The number of ether oxygens (including phenoxy) is 2. The van der Waals surface area contributed by atoms with E-state index in [2.05, 4.69) is 9.47 Å². The van der Waals surface area contributed by atoms with Crippen molar-refractivity contribution >= 4 is 11.9 Å². The van der Waals surface area contributed by atoms with E-state index in [0.29, 0.717) is 0 Å². The number of carbonyl (C=O) groups is 2. The number of carbonyl (C=O) groups excluding carboxylic acids is 2. The van der Waals surface area contributed by atoms with Crippen molar-refractivity contribution < 1.29 is 19.1 Å². The van der Waals surface area contributed by atoms with Crippen LogP contribution in [-0.4, -0.2) is 38.2 Å². The van der Waals surface area contributed by atoms with Gasteiger partial charge in [-0.2, -0.15) is 0 Å².